The molecule has 2 aliphatic carbocycles. The van der Waals surface area contributed by atoms with Crippen molar-refractivity contribution in [3.63, 3.8) is 0 Å². The summed E-state index contributed by atoms with van der Waals surface area (Å²) in [4.78, 5) is 51.2. The van der Waals surface area contributed by atoms with E-state index in [-0.39, 0.29) is 69.6 Å². The predicted octanol–water partition coefficient (Wildman–Crippen LogP) is 7.95. The Kier molecular flexibility index (Phi) is 12.6. The SMILES string of the molecule is CC(C)c1ccccc1[C@@H]1CN(C(N)=O)CCN1C1CC2(CCN(c3ccc(C(=O)NS(=O)(=O)c4cc5c(c([N+](=O)[O-])c4)N[C@@H]([C@H]4CC[C@](C)(O)CC4)CO5)c(Oc4cnc5[nH]cc(F)c5c4)c3)CC2)C1. The quantitative estimate of drug-likeness (QED) is 0.0625. The highest BCUT2D eigenvalue weighted by atomic mass is 32.2. The molecule has 2 aromatic heterocycles. The van der Waals surface area contributed by atoms with Gasteiger partial charge in [-0.05, 0) is 105 Å². The first-order valence-electron chi connectivity index (χ1n) is 24.5. The summed E-state index contributed by atoms with van der Waals surface area (Å²) in [6.45, 7) is 9.57. The van der Waals surface area contributed by atoms with Gasteiger partial charge in [0.25, 0.3) is 21.6 Å². The number of piperidine rings is 1. The second kappa shape index (κ2) is 18.6. The average molecular weight is 994 g/mol. The summed E-state index contributed by atoms with van der Waals surface area (Å²) < 4.78 is 57.0. The molecule has 4 fully saturated rings. The first-order valence-corrected chi connectivity index (χ1v) is 25.9. The van der Waals surface area contributed by atoms with Crippen LogP contribution >= 0.6 is 0 Å². The Bertz CT molecular complexity index is 2990. The molecule has 2 saturated heterocycles. The smallest absolute Gasteiger partial charge is 0.314 e. The third-order valence-electron chi connectivity index (χ3n) is 15.8. The van der Waals surface area contributed by atoms with Gasteiger partial charge in [-0.1, -0.05) is 38.1 Å². The number of nitro benzene ring substituents is 1. The number of sulfonamides is 1. The number of aromatic amines is 1. The maximum atomic E-state index is 14.7. The van der Waals surface area contributed by atoms with Crippen molar-refractivity contribution >= 4 is 50.1 Å². The fourth-order valence-corrected chi connectivity index (χ4v) is 12.7. The molecular weight excluding hydrogens is 934 g/mol. The van der Waals surface area contributed by atoms with Crippen molar-refractivity contribution < 1.29 is 41.9 Å². The lowest BCUT2D eigenvalue weighted by atomic mass is 9.59. The van der Waals surface area contributed by atoms with Crippen LogP contribution in [0.25, 0.3) is 11.0 Å². The van der Waals surface area contributed by atoms with Crippen molar-refractivity contribution in [1.29, 1.82) is 0 Å². The number of anilines is 2. The van der Waals surface area contributed by atoms with Gasteiger partial charge in [0, 0.05) is 68.8 Å². The molecule has 5 aliphatic rings. The number of primary amides is 1. The van der Waals surface area contributed by atoms with Crippen LogP contribution in [0.1, 0.15) is 106 Å². The van der Waals surface area contributed by atoms with Crippen molar-refractivity contribution in [3.05, 3.63) is 106 Å². The van der Waals surface area contributed by atoms with Crippen LogP contribution in [0.2, 0.25) is 0 Å². The summed E-state index contributed by atoms with van der Waals surface area (Å²) in [6.07, 6.45) is 8.93. The molecule has 71 heavy (non-hydrogen) atoms. The highest BCUT2D eigenvalue weighted by Gasteiger charge is 2.50. The van der Waals surface area contributed by atoms with Crippen LogP contribution in [0.15, 0.2) is 78.0 Å². The number of nitrogens with zero attached hydrogens (tertiary/aromatic N) is 5. The molecule has 10 rings (SSSR count). The van der Waals surface area contributed by atoms with E-state index >= 15 is 0 Å². The Morgan fingerprint density at radius 1 is 1.04 bits per heavy atom. The fourth-order valence-electron chi connectivity index (χ4n) is 11.7. The van der Waals surface area contributed by atoms with Crippen molar-refractivity contribution in [3.8, 4) is 17.2 Å². The zero-order valence-electron chi connectivity index (χ0n) is 40.0. The van der Waals surface area contributed by atoms with Crippen molar-refractivity contribution in [1.82, 2.24) is 24.5 Å². The molecule has 18 nitrogen and oxygen atoms in total. The molecule has 20 heteroatoms. The number of aliphatic hydroxyl groups is 1. The fraction of sp³-hybridized carbons (Fsp3) is 0.471. The van der Waals surface area contributed by atoms with E-state index in [1.807, 2.05) is 0 Å². The molecule has 1 spiro atoms. The van der Waals surface area contributed by atoms with Gasteiger partial charge in [0.2, 0.25) is 0 Å². The summed E-state index contributed by atoms with van der Waals surface area (Å²) in [7, 11) is -4.74. The van der Waals surface area contributed by atoms with Crippen LogP contribution in [0.5, 0.6) is 17.2 Å². The minimum Gasteiger partial charge on any atom is -0.489 e. The lowest BCUT2D eigenvalue weighted by Crippen LogP contribution is -2.61. The number of hydrogen-bond donors (Lipinski definition) is 5. The van der Waals surface area contributed by atoms with Gasteiger partial charge >= 0.3 is 6.03 Å². The number of ether oxygens (including phenoxy) is 2. The molecule has 2 saturated carbocycles. The molecule has 3 amide bonds. The maximum Gasteiger partial charge on any atom is 0.314 e. The molecule has 0 radical (unpaired) electrons. The molecule has 376 valence electrons. The van der Waals surface area contributed by atoms with Gasteiger partial charge in [-0.2, -0.15) is 0 Å². The van der Waals surface area contributed by atoms with Gasteiger partial charge in [0.05, 0.1) is 44.7 Å². The largest absolute Gasteiger partial charge is 0.489 e. The van der Waals surface area contributed by atoms with E-state index in [1.165, 1.54) is 35.7 Å². The van der Waals surface area contributed by atoms with Crippen LogP contribution in [0.4, 0.5) is 26.2 Å². The molecule has 5 aromatic rings. The highest BCUT2D eigenvalue weighted by molar-refractivity contribution is 7.90. The Morgan fingerprint density at radius 3 is 2.51 bits per heavy atom. The summed E-state index contributed by atoms with van der Waals surface area (Å²) in [5, 5.41) is 26.2. The van der Waals surface area contributed by atoms with Crippen molar-refractivity contribution in [2.75, 3.05) is 49.5 Å². The molecule has 6 N–H and O–H groups in total. The summed E-state index contributed by atoms with van der Waals surface area (Å²) >= 11 is 0. The number of aromatic nitrogens is 2. The van der Waals surface area contributed by atoms with E-state index in [9.17, 15) is 37.6 Å². The van der Waals surface area contributed by atoms with Crippen LogP contribution in [-0.4, -0.2) is 107 Å². The normalized spacial score (nSPS) is 23.7. The molecule has 2 atom stereocenters. The third-order valence-corrected chi connectivity index (χ3v) is 17.1. The Hall–Kier alpha value is -6.51. The molecular formula is C51H60FN9O9S. The molecule has 3 aliphatic heterocycles. The van der Waals surface area contributed by atoms with Crippen molar-refractivity contribution in [2.24, 2.45) is 17.1 Å². The standard InChI is InChI=1S/C51H60FN9O9S/c1-30(2)36-6-4-5-7-37(36)43-28-59(49(53)63)18-19-60(43)33-24-51(25-33)14-16-58(17-15-51)32-8-9-38(44(20-32)70-34-21-39-40(52)27-55-47(39)54-26-34)48(62)57-71(67,68)35-22-42(61(65)66)46-45(23-35)69-29-41(56-46)31-10-12-50(3,64)13-11-31/h4-9,20-23,26-27,30-31,33,41,43,56,64H,10-19,24-25,28-29H2,1-3H3,(H2,53,63)(H,54,55)(H,57,62)/t31-,41-,43+,50-/m1/s1. The van der Waals surface area contributed by atoms with E-state index in [1.54, 1.807) is 24.0 Å². The second-order valence-electron chi connectivity index (χ2n) is 20.8. The zero-order chi connectivity index (χ0) is 50.0. The number of pyridine rings is 1. The Labute approximate surface area is 411 Å². The number of H-pyrrole nitrogens is 1. The number of piperazine rings is 1. The number of benzene rings is 3. The van der Waals surface area contributed by atoms with Gasteiger partial charge in [-0.3, -0.25) is 19.8 Å². The van der Waals surface area contributed by atoms with Crippen LogP contribution < -0.4 is 30.1 Å². The minimum absolute atomic E-state index is 0.0154. The van der Waals surface area contributed by atoms with Gasteiger partial charge in [-0.25, -0.2) is 27.3 Å². The van der Waals surface area contributed by atoms with Crippen LogP contribution in [-0.2, 0) is 10.0 Å². The number of amides is 3. The van der Waals surface area contributed by atoms with E-state index in [0.717, 1.165) is 50.0 Å². The Morgan fingerprint density at radius 2 is 1.79 bits per heavy atom. The first kappa shape index (κ1) is 48.1. The minimum atomic E-state index is -4.74. The number of fused-ring (bicyclic) bond motifs is 2. The maximum absolute atomic E-state index is 14.7. The second-order valence-corrected chi connectivity index (χ2v) is 22.4. The highest BCUT2D eigenvalue weighted by Crippen LogP contribution is 2.53. The van der Waals surface area contributed by atoms with Crippen LogP contribution in [0, 0.1) is 27.3 Å². The van der Waals surface area contributed by atoms with Gasteiger partial charge in [0.1, 0.15) is 29.6 Å². The third kappa shape index (κ3) is 9.56. The van der Waals surface area contributed by atoms with E-state index in [4.69, 9.17) is 15.2 Å². The number of carbonyl (C=O) groups is 2. The number of hydrogen-bond acceptors (Lipinski definition) is 13. The number of urea groups is 1. The number of carbonyl (C=O) groups excluding carboxylic acids is 2. The van der Waals surface area contributed by atoms with E-state index in [2.05, 4.69) is 67.9 Å². The zero-order valence-corrected chi connectivity index (χ0v) is 40.8. The number of nitrogens with one attached hydrogen (secondary N) is 3. The molecule has 0 bridgehead atoms. The summed E-state index contributed by atoms with van der Waals surface area (Å²) in [5.74, 6) is -1.19. The lowest BCUT2D eigenvalue weighted by Gasteiger charge is -2.58. The number of rotatable bonds is 11. The summed E-state index contributed by atoms with van der Waals surface area (Å²) in [5.41, 5.74) is 8.04. The molecule has 5 heterocycles. The monoisotopic (exact) mass is 993 g/mol. The molecule has 3 aromatic carbocycles. The van der Waals surface area contributed by atoms with Gasteiger partial charge < -0.3 is 40.4 Å². The lowest BCUT2D eigenvalue weighted by molar-refractivity contribution is -0.384. The van der Waals surface area contributed by atoms with E-state index < -0.39 is 48.9 Å². The van der Waals surface area contributed by atoms with E-state index in [0.29, 0.717) is 63.8 Å². The van der Waals surface area contributed by atoms with Crippen LogP contribution in [0.3, 0.4) is 0 Å². The predicted molar refractivity (Wildman–Crippen MR) is 264 cm³/mol. The summed E-state index contributed by atoms with van der Waals surface area (Å²) in [6, 6.07) is 16.5. The van der Waals surface area contributed by atoms with Gasteiger partial charge in [-0.15, -0.1) is 0 Å². The first-order chi connectivity index (χ1) is 33.9. The number of nitrogens with two attached hydrogens (primary N) is 1. The Balaban J connectivity index is 0.865. The van der Waals surface area contributed by atoms with Gasteiger partial charge in [0.15, 0.2) is 11.4 Å². The average Bonchev–Trinajstić information content (AvgIpc) is 3.71. The van der Waals surface area contributed by atoms with Crippen molar-refractivity contribution in [2.45, 2.75) is 107 Å². The topological polar surface area (TPSA) is 239 Å². The number of nitro groups is 1. The number of halogens is 1. The molecule has 0 unspecified atom stereocenters.